The molecule has 0 bridgehead atoms. The summed E-state index contributed by atoms with van der Waals surface area (Å²) in [4.78, 5) is 10.7. The van der Waals surface area contributed by atoms with E-state index in [4.69, 9.17) is 5.11 Å². The van der Waals surface area contributed by atoms with Gasteiger partial charge in [0, 0.05) is 0 Å². The number of carboxylic acid groups (broad SMARTS) is 1. The van der Waals surface area contributed by atoms with E-state index in [0.29, 0.717) is 5.56 Å². The lowest BCUT2D eigenvalue weighted by Gasteiger charge is -2.07. The standard InChI is InChI=1S/C12H14O2S/c13-12(14)11-3-1-9(2-4-11)7-10-5-6-15-8-10/h1-4,10H,5-8H2,(H,13,14). The molecule has 0 aromatic heterocycles. The molecule has 0 radical (unpaired) electrons. The van der Waals surface area contributed by atoms with Crippen molar-refractivity contribution in [1.82, 2.24) is 0 Å². The van der Waals surface area contributed by atoms with Gasteiger partial charge in [0.1, 0.15) is 0 Å². The van der Waals surface area contributed by atoms with Gasteiger partial charge in [-0.3, -0.25) is 0 Å². The van der Waals surface area contributed by atoms with Crippen molar-refractivity contribution in [2.75, 3.05) is 11.5 Å². The van der Waals surface area contributed by atoms with Gasteiger partial charge >= 0.3 is 5.97 Å². The lowest BCUT2D eigenvalue weighted by molar-refractivity contribution is 0.0697. The molecular formula is C12H14O2S. The minimum Gasteiger partial charge on any atom is -0.478 e. The van der Waals surface area contributed by atoms with Crippen molar-refractivity contribution < 1.29 is 9.90 Å². The summed E-state index contributed by atoms with van der Waals surface area (Å²) in [6.07, 6.45) is 2.39. The molecule has 1 aliphatic rings. The Kier molecular flexibility index (Phi) is 3.31. The van der Waals surface area contributed by atoms with Crippen LogP contribution in [0.25, 0.3) is 0 Å². The van der Waals surface area contributed by atoms with Gasteiger partial charge < -0.3 is 5.11 Å². The van der Waals surface area contributed by atoms with Crippen LogP contribution in [0, 0.1) is 5.92 Å². The largest absolute Gasteiger partial charge is 0.478 e. The quantitative estimate of drug-likeness (QED) is 0.854. The number of carbonyl (C=O) groups is 1. The van der Waals surface area contributed by atoms with Crippen molar-refractivity contribution in [3.63, 3.8) is 0 Å². The maximum absolute atomic E-state index is 10.7. The normalized spacial score (nSPS) is 20.4. The van der Waals surface area contributed by atoms with Crippen LogP contribution >= 0.6 is 11.8 Å². The zero-order valence-corrected chi connectivity index (χ0v) is 9.30. The Hall–Kier alpha value is -0.960. The highest BCUT2D eigenvalue weighted by Gasteiger charge is 2.15. The highest BCUT2D eigenvalue weighted by Crippen LogP contribution is 2.26. The summed E-state index contributed by atoms with van der Waals surface area (Å²) in [7, 11) is 0. The second-order valence-corrected chi connectivity index (χ2v) is 5.09. The molecule has 1 saturated heterocycles. The first kappa shape index (κ1) is 10.6. The Morgan fingerprint density at radius 3 is 2.67 bits per heavy atom. The molecule has 1 N–H and O–H groups in total. The molecule has 0 aliphatic carbocycles. The van der Waals surface area contributed by atoms with Crippen LogP contribution in [0.5, 0.6) is 0 Å². The molecule has 2 nitrogen and oxygen atoms in total. The van der Waals surface area contributed by atoms with Crippen molar-refractivity contribution in [3.8, 4) is 0 Å². The molecule has 0 saturated carbocycles. The molecule has 3 heteroatoms. The minimum absolute atomic E-state index is 0.375. The first-order valence-electron chi connectivity index (χ1n) is 5.15. The van der Waals surface area contributed by atoms with Crippen LogP contribution in [0.1, 0.15) is 22.3 Å². The van der Waals surface area contributed by atoms with Crippen LogP contribution in [0.15, 0.2) is 24.3 Å². The lowest BCUT2D eigenvalue weighted by atomic mass is 9.98. The second-order valence-electron chi connectivity index (χ2n) is 3.94. The van der Waals surface area contributed by atoms with Crippen molar-refractivity contribution in [3.05, 3.63) is 35.4 Å². The Morgan fingerprint density at radius 1 is 1.40 bits per heavy atom. The van der Waals surface area contributed by atoms with Crippen LogP contribution in [0.2, 0.25) is 0 Å². The fourth-order valence-corrected chi connectivity index (χ4v) is 3.15. The van der Waals surface area contributed by atoms with Gasteiger partial charge in [0.05, 0.1) is 5.56 Å². The Balaban J connectivity index is 2.00. The van der Waals surface area contributed by atoms with Crippen molar-refractivity contribution >= 4 is 17.7 Å². The third-order valence-electron chi connectivity index (χ3n) is 2.75. The molecule has 1 fully saturated rings. The predicted octanol–water partition coefficient (Wildman–Crippen LogP) is 2.68. The number of carboxylic acids is 1. The number of benzene rings is 1. The molecule has 1 heterocycles. The van der Waals surface area contributed by atoms with Crippen molar-refractivity contribution in [1.29, 1.82) is 0 Å². The molecule has 1 aliphatic heterocycles. The van der Waals surface area contributed by atoms with Crippen molar-refractivity contribution in [2.45, 2.75) is 12.8 Å². The van der Waals surface area contributed by atoms with Crippen LogP contribution in [0.4, 0.5) is 0 Å². The fraction of sp³-hybridized carbons (Fsp3) is 0.417. The summed E-state index contributed by atoms with van der Waals surface area (Å²) in [6.45, 7) is 0. The topological polar surface area (TPSA) is 37.3 Å². The molecule has 15 heavy (non-hydrogen) atoms. The summed E-state index contributed by atoms with van der Waals surface area (Å²) in [5.74, 6) is 2.46. The van der Waals surface area contributed by atoms with Crippen LogP contribution in [0.3, 0.4) is 0 Å². The molecule has 1 aromatic carbocycles. The second kappa shape index (κ2) is 4.71. The molecule has 1 unspecified atom stereocenters. The van der Waals surface area contributed by atoms with Gasteiger partial charge in [-0.2, -0.15) is 11.8 Å². The monoisotopic (exact) mass is 222 g/mol. The molecule has 1 aromatic rings. The van der Waals surface area contributed by atoms with E-state index in [1.54, 1.807) is 12.1 Å². The van der Waals surface area contributed by atoms with Crippen molar-refractivity contribution in [2.24, 2.45) is 5.92 Å². The Labute approximate surface area is 93.7 Å². The van der Waals surface area contributed by atoms with E-state index in [2.05, 4.69) is 0 Å². The van der Waals surface area contributed by atoms with E-state index in [-0.39, 0.29) is 0 Å². The summed E-state index contributed by atoms with van der Waals surface area (Å²) in [5, 5.41) is 8.76. The maximum Gasteiger partial charge on any atom is 0.335 e. The smallest absolute Gasteiger partial charge is 0.335 e. The Bertz CT molecular complexity index is 339. The maximum atomic E-state index is 10.7. The highest BCUT2D eigenvalue weighted by molar-refractivity contribution is 7.99. The Morgan fingerprint density at radius 2 is 2.13 bits per heavy atom. The summed E-state index contributed by atoms with van der Waals surface area (Å²) in [6, 6.07) is 7.26. The number of aromatic carboxylic acids is 1. The van der Waals surface area contributed by atoms with Gasteiger partial charge in [0.15, 0.2) is 0 Å². The molecular weight excluding hydrogens is 208 g/mol. The third kappa shape index (κ3) is 2.75. The first-order chi connectivity index (χ1) is 7.25. The van der Waals surface area contributed by atoms with E-state index < -0.39 is 5.97 Å². The average Bonchev–Trinajstić information content (AvgIpc) is 2.71. The molecule has 80 valence electrons. The fourth-order valence-electron chi connectivity index (χ4n) is 1.86. The lowest BCUT2D eigenvalue weighted by Crippen LogP contribution is -2.03. The highest BCUT2D eigenvalue weighted by atomic mass is 32.2. The van der Waals surface area contributed by atoms with Crippen LogP contribution in [-0.4, -0.2) is 22.6 Å². The first-order valence-corrected chi connectivity index (χ1v) is 6.31. The van der Waals surface area contributed by atoms with E-state index >= 15 is 0 Å². The van der Waals surface area contributed by atoms with E-state index in [1.807, 2.05) is 23.9 Å². The molecule has 2 rings (SSSR count). The molecule has 0 amide bonds. The van der Waals surface area contributed by atoms with Gasteiger partial charge in [-0.05, 0) is 48.0 Å². The van der Waals surface area contributed by atoms with Crippen LogP contribution in [-0.2, 0) is 6.42 Å². The molecule has 1 atom stereocenters. The SMILES string of the molecule is O=C(O)c1ccc(CC2CCSC2)cc1. The van der Waals surface area contributed by atoms with Gasteiger partial charge in [-0.15, -0.1) is 0 Å². The zero-order chi connectivity index (χ0) is 10.7. The van der Waals surface area contributed by atoms with E-state index in [9.17, 15) is 4.79 Å². The molecule has 0 spiro atoms. The minimum atomic E-state index is -0.849. The summed E-state index contributed by atoms with van der Waals surface area (Å²) in [5.41, 5.74) is 1.63. The van der Waals surface area contributed by atoms with Gasteiger partial charge in [0.25, 0.3) is 0 Å². The number of rotatable bonds is 3. The average molecular weight is 222 g/mol. The van der Waals surface area contributed by atoms with Gasteiger partial charge in [0.2, 0.25) is 0 Å². The third-order valence-corrected chi connectivity index (χ3v) is 3.98. The predicted molar refractivity (Wildman–Crippen MR) is 62.5 cm³/mol. The number of hydrogen-bond donors (Lipinski definition) is 1. The van der Waals surface area contributed by atoms with Gasteiger partial charge in [-0.1, -0.05) is 12.1 Å². The van der Waals surface area contributed by atoms with E-state index in [0.717, 1.165) is 12.3 Å². The summed E-state index contributed by atoms with van der Waals surface area (Å²) >= 11 is 2.02. The van der Waals surface area contributed by atoms with Gasteiger partial charge in [-0.25, -0.2) is 4.79 Å². The summed E-state index contributed by atoms with van der Waals surface area (Å²) < 4.78 is 0. The number of thioether (sulfide) groups is 1. The van der Waals surface area contributed by atoms with E-state index in [1.165, 1.54) is 23.5 Å². The zero-order valence-electron chi connectivity index (χ0n) is 8.48. The van der Waals surface area contributed by atoms with Crippen LogP contribution < -0.4 is 0 Å². The number of hydrogen-bond acceptors (Lipinski definition) is 2.